The molecule has 1 fully saturated rings. The summed E-state index contributed by atoms with van der Waals surface area (Å²) in [7, 11) is 1.89. The zero-order valence-electron chi connectivity index (χ0n) is 31.3. The van der Waals surface area contributed by atoms with Gasteiger partial charge in [-0.15, -0.1) is 0 Å². The Balaban J connectivity index is 1.19. The maximum atomic E-state index is 13.0. The van der Waals surface area contributed by atoms with E-state index in [1.165, 1.54) is 6.20 Å². The van der Waals surface area contributed by atoms with Crippen molar-refractivity contribution in [1.82, 2.24) is 50.2 Å². The van der Waals surface area contributed by atoms with E-state index in [1.807, 2.05) is 16.8 Å². The number of H-pyrrole nitrogens is 1. The van der Waals surface area contributed by atoms with Crippen molar-refractivity contribution in [2.75, 3.05) is 96.6 Å². The molecule has 304 valence electrons. The zero-order chi connectivity index (χ0) is 40.6. The Morgan fingerprint density at radius 2 is 1.43 bits per heavy atom. The molecule has 4 rings (SSSR count). The van der Waals surface area contributed by atoms with Crippen molar-refractivity contribution in [1.29, 1.82) is 0 Å². The van der Waals surface area contributed by atoms with E-state index in [0.717, 1.165) is 0 Å². The fourth-order valence-corrected chi connectivity index (χ4v) is 5.96. The van der Waals surface area contributed by atoms with Crippen LogP contribution in [0.4, 0.5) is 11.6 Å². The molecule has 0 bridgehead atoms. The first-order valence-corrected chi connectivity index (χ1v) is 18.2. The van der Waals surface area contributed by atoms with E-state index in [4.69, 9.17) is 5.73 Å². The first-order chi connectivity index (χ1) is 26.7. The molecule has 1 saturated heterocycles. The summed E-state index contributed by atoms with van der Waals surface area (Å²) in [5.41, 5.74) is 6.90. The number of nitrogens with one attached hydrogen (secondary N) is 4. The molecule has 56 heavy (non-hydrogen) atoms. The molecule has 1 aliphatic rings. The molecule has 0 unspecified atom stereocenters. The zero-order valence-corrected chi connectivity index (χ0v) is 31.3. The Hall–Kier alpha value is -5.77. The number of carboxylic acids is 3. The molecule has 0 spiro atoms. The lowest BCUT2D eigenvalue weighted by Crippen LogP contribution is -2.50. The van der Waals surface area contributed by atoms with Gasteiger partial charge < -0.3 is 41.9 Å². The van der Waals surface area contributed by atoms with Crippen molar-refractivity contribution in [3.63, 3.8) is 0 Å². The van der Waals surface area contributed by atoms with Crippen LogP contribution in [0.1, 0.15) is 35.3 Å². The normalized spacial score (nSPS) is 15.9. The largest absolute Gasteiger partial charge is 0.480 e. The fourth-order valence-electron chi connectivity index (χ4n) is 5.96. The van der Waals surface area contributed by atoms with Crippen LogP contribution in [0.25, 0.3) is 11.2 Å². The summed E-state index contributed by atoms with van der Waals surface area (Å²) in [4.78, 5) is 94.8. The predicted octanol–water partition coefficient (Wildman–Crippen LogP) is -1.60. The van der Waals surface area contributed by atoms with Crippen molar-refractivity contribution in [2.24, 2.45) is 0 Å². The number of hydrogen-bond donors (Lipinski definition) is 8. The molecular weight excluding hydrogens is 732 g/mol. The molecule has 21 heteroatoms. The number of unbranched alkanes of at least 4 members (excludes halogenated alkanes) is 1. The number of amides is 2. The highest BCUT2D eigenvalue weighted by Gasteiger charge is 2.23. The van der Waals surface area contributed by atoms with Gasteiger partial charge in [0, 0.05) is 70.2 Å². The molecule has 1 aliphatic heterocycles. The van der Waals surface area contributed by atoms with Gasteiger partial charge in [-0.1, -0.05) is 0 Å². The number of carbonyl (C=O) groups excluding carboxylic acids is 2. The quantitative estimate of drug-likeness (QED) is 0.0715. The van der Waals surface area contributed by atoms with E-state index < -0.39 is 35.4 Å². The van der Waals surface area contributed by atoms with Crippen LogP contribution in [0.5, 0.6) is 0 Å². The summed E-state index contributed by atoms with van der Waals surface area (Å²) in [6, 6.07) is 5.60. The summed E-state index contributed by atoms with van der Waals surface area (Å²) in [6.07, 6.45) is 2.54. The molecule has 3 aromatic rings. The van der Waals surface area contributed by atoms with E-state index in [2.05, 4.69) is 35.9 Å². The first-order valence-electron chi connectivity index (χ1n) is 18.2. The minimum absolute atomic E-state index is 0.0472. The number of aliphatic carboxylic acids is 3. The van der Waals surface area contributed by atoms with Crippen molar-refractivity contribution < 1.29 is 39.3 Å². The van der Waals surface area contributed by atoms with E-state index in [1.54, 1.807) is 34.1 Å². The van der Waals surface area contributed by atoms with Gasteiger partial charge >= 0.3 is 17.9 Å². The Labute approximate surface area is 322 Å². The number of carbonyl (C=O) groups is 5. The lowest BCUT2D eigenvalue weighted by molar-refractivity contribution is -0.142. The average molecular weight is 783 g/mol. The van der Waals surface area contributed by atoms with Gasteiger partial charge in [-0.3, -0.25) is 43.7 Å². The van der Waals surface area contributed by atoms with Crippen LogP contribution in [-0.4, -0.2) is 176 Å². The average Bonchev–Trinajstić information content (AvgIpc) is 3.14. The molecule has 2 amide bonds. The van der Waals surface area contributed by atoms with Crippen molar-refractivity contribution >= 4 is 52.5 Å². The van der Waals surface area contributed by atoms with E-state index in [-0.39, 0.29) is 55.6 Å². The molecule has 0 aliphatic carbocycles. The van der Waals surface area contributed by atoms with Crippen LogP contribution in [0, 0.1) is 0 Å². The van der Waals surface area contributed by atoms with Crippen LogP contribution in [-0.2, 0) is 25.7 Å². The molecule has 9 N–H and O–H groups in total. The molecular formula is C35H50N12O9. The first kappa shape index (κ1) is 43.0. The number of nitrogens with two attached hydrogens (primary N) is 1. The monoisotopic (exact) mass is 782 g/mol. The standard InChI is InChI=1S/C35H50N12O9/c1-44-10-12-45(14-15-47(22-29(51)52)17-16-46(13-11-44)21-28(49)50)20-27(48)41-26(34(55)56)4-2-3-9-37-32(53)23-5-7-24(8-6-23)38-18-25-19-39-31-30(40-25)33(54)43-35(36)42-31/h5-8,19,26,38H,2-4,9-18,20-22H2,1H3,(H,37,53)(H,41,48)(H,49,50)(H,51,52)(H,55,56)(H3,36,39,42,43,54)/t26-/m0/s1. The minimum atomic E-state index is -1.17. The van der Waals surface area contributed by atoms with Gasteiger partial charge in [0.2, 0.25) is 11.9 Å². The summed E-state index contributed by atoms with van der Waals surface area (Å²) >= 11 is 0. The number of nitrogen functional groups attached to an aromatic ring is 1. The Kier molecular flexibility index (Phi) is 16.4. The molecule has 1 aromatic carbocycles. The lowest BCUT2D eigenvalue weighted by Gasteiger charge is -2.32. The fraction of sp³-hybridized carbons (Fsp3) is 0.514. The second kappa shape index (κ2) is 21.4. The minimum Gasteiger partial charge on any atom is -0.480 e. The number of hydrogen-bond acceptors (Lipinski definition) is 15. The van der Waals surface area contributed by atoms with Crippen LogP contribution >= 0.6 is 0 Å². The van der Waals surface area contributed by atoms with Crippen LogP contribution < -0.4 is 27.2 Å². The molecule has 0 saturated carbocycles. The van der Waals surface area contributed by atoms with E-state index in [9.17, 15) is 44.1 Å². The van der Waals surface area contributed by atoms with Crippen molar-refractivity contribution in [3.05, 3.63) is 52.1 Å². The summed E-state index contributed by atoms with van der Waals surface area (Å²) in [5, 5.41) is 37.1. The highest BCUT2D eigenvalue weighted by molar-refractivity contribution is 5.94. The third-order valence-electron chi connectivity index (χ3n) is 9.09. The summed E-state index contributed by atoms with van der Waals surface area (Å²) in [6.45, 7) is 3.52. The Morgan fingerprint density at radius 1 is 0.839 bits per heavy atom. The second-order valence-electron chi connectivity index (χ2n) is 13.5. The number of aromatic nitrogens is 4. The van der Waals surface area contributed by atoms with E-state index >= 15 is 0 Å². The Morgan fingerprint density at radius 3 is 2.02 bits per heavy atom. The highest BCUT2D eigenvalue weighted by atomic mass is 16.4. The number of carboxylic acid groups (broad SMARTS) is 3. The second-order valence-corrected chi connectivity index (χ2v) is 13.5. The molecule has 2 aromatic heterocycles. The molecule has 1 atom stereocenters. The van der Waals surface area contributed by atoms with Gasteiger partial charge in [0.25, 0.3) is 11.5 Å². The lowest BCUT2D eigenvalue weighted by atomic mass is 10.1. The number of anilines is 2. The number of aromatic amines is 1. The number of benzene rings is 1. The van der Waals surface area contributed by atoms with Crippen LogP contribution in [0.2, 0.25) is 0 Å². The predicted molar refractivity (Wildman–Crippen MR) is 204 cm³/mol. The molecule has 3 heterocycles. The van der Waals surface area contributed by atoms with Crippen LogP contribution in [0.15, 0.2) is 35.3 Å². The van der Waals surface area contributed by atoms with Crippen molar-refractivity contribution in [2.45, 2.75) is 31.8 Å². The third-order valence-corrected chi connectivity index (χ3v) is 9.09. The third kappa shape index (κ3) is 14.5. The molecule has 0 radical (unpaired) electrons. The highest BCUT2D eigenvalue weighted by Crippen LogP contribution is 2.12. The van der Waals surface area contributed by atoms with E-state index in [0.29, 0.717) is 88.7 Å². The maximum Gasteiger partial charge on any atom is 0.326 e. The van der Waals surface area contributed by atoms with Gasteiger partial charge in [0.15, 0.2) is 11.2 Å². The van der Waals surface area contributed by atoms with Gasteiger partial charge in [-0.05, 0) is 50.6 Å². The Bertz CT molecular complexity index is 1880. The topological polar surface area (TPSA) is 293 Å². The van der Waals surface area contributed by atoms with Crippen molar-refractivity contribution in [3.8, 4) is 0 Å². The van der Waals surface area contributed by atoms with Gasteiger partial charge in [0.1, 0.15) is 6.04 Å². The maximum absolute atomic E-state index is 13.0. The number of likely N-dealkylation sites (N-methyl/N-ethyl adjacent to an activating group) is 1. The smallest absolute Gasteiger partial charge is 0.326 e. The van der Waals surface area contributed by atoms with Gasteiger partial charge in [-0.2, -0.15) is 4.98 Å². The summed E-state index contributed by atoms with van der Waals surface area (Å²) < 4.78 is 0. The van der Waals surface area contributed by atoms with Gasteiger partial charge in [-0.25, -0.2) is 14.8 Å². The SMILES string of the molecule is CN1CCN(CC(=O)O)CCN(CC(=O)O)CCN(CC(=O)N[C@@H](CCCCNC(=O)c2ccc(NCc3cnc4nc(N)[nH]c(=O)c4n3)cc2)C(=O)O)CC1. The van der Waals surface area contributed by atoms with Crippen LogP contribution in [0.3, 0.4) is 0 Å². The summed E-state index contributed by atoms with van der Waals surface area (Å²) in [5.74, 6) is -3.98. The molecule has 21 nitrogen and oxygen atoms in total. The number of fused-ring (bicyclic) bond motifs is 1. The number of nitrogens with zero attached hydrogens (tertiary/aromatic N) is 7. The van der Waals surface area contributed by atoms with Gasteiger partial charge in [0.05, 0.1) is 38.1 Å². The number of rotatable bonds is 17.